The summed E-state index contributed by atoms with van der Waals surface area (Å²) < 4.78 is 10.9. The van der Waals surface area contributed by atoms with Gasteiger partial charge in [0.2, 0.25) is 5.91 Å². The molecule has 26 heavy (non-hydrogen) atoms. The van der Waals surface area contributed by atoms with E-state index < -0.39 is 6.03 Å². The smallest absolute Gasteiger partial charge is 0.321 e. The predicted molar refractivity (Wildman–Crippen MR) is 95.7 cm³/mol. The topological polar surface area (TPSA) is 83.8 Å². The number of benzene rings is 1. The Balaban J connectivity index is 1.44. The summed E-state index contributed by atoms with van der Waals surface area (Å²) in [4.78, 5) is 25.8. The molecular weight excluding hydrogens is 358 g/mol. The van der Waals surface area contributed by atoms with Crippen LogP contribution in [0, 0.1) is 0 Å². The fourth-order valence-electron chi connectivity index (χ4n) is 2.72. The van der Waals surface area contributed by atoms with Gasteiger partial charge in [0.1, 0.15) is 5.76 Å². The van der Waals surface area contributed by atoms with E-state index in [0.717, 1.165) is 5.56 Å². The maximum atomic E-state index is 12.1. The van der Waals surface area contributed by atoms with Crippen LogP contribution < -0.4 is 10.6 Å². The molecule has 7 nitrogen and oxygen atoms in total. The number of hydrogen-bond donors (Lipinski definition) is 2. The third-order valence-corrected chi connectivity index (χ3v) is 4.27. The Labute approximate surface area is 156 Å². The van der Waals surface area contributed by atoms with Gasteiger partial charge in [-0.1, -0.05) is 23.7 Å². The Morgan fingerprint density at radius 3 is 2.77 bits per heavy atom. The Morgan fingerprint density at radius 1 is 1.23 bits per heavy atom. The lowest BCUT2D eigenvalue weighted by Crippen LogP contribution is -2.47. The number of furan rings is 1. The molecule has 1 aliphatic heterocycles. The molecule has 1 aromatic heterocycles. The van der Waals surface area contributed by atoms with Crippen molar-refractivity contribution in [2.75, 3.05) is 26.2 Å². The summed E-state index contributed by atoms with van der Waals surface area (Å²) in [5.74, 6) is 0.255. The van der Waals surface area contributed by atoms with E-state index in [9.17, 15) is 9.59 Å². The van der Waals surface area contributed by atoms with Crippen LogP contribution in [-0.2, 0) is 16.1 Å². The van der Waals surface area contributed by atoms with E-state index in [0.29, 0.717) is 30.5 Å². The number of hydrogen-bond acceptors (Lipinski definition) is 5. The highest BCUT2D eigenvalue weighted by Gasteiger charge is 2.24. The largest absolute Gasteiger partial charge is 0.467 e. The molecule has 1 atom stereocenters. The number of amides is 3. The lowest BCUT2D eigenvalue weighted by molar-refractivity contribution is -0.123. The predicted octanol–water partition coefficient (Wildman–Crippen LogP) is 2.33. The SMILES string of the molecule is O=C(CN1CCOC(c2ccc(Cl)cc2)C1)NC(=O)NCc1ccco1. The fourth-order valence-corrected chi connectivity index (χ4v) is 2.85. The van der Waals surface area contributed by atoms with Crippen molar-refractivity contribution in [2.45, 2.75) is 12.6 Å². The van der Waals surface area contributed by atoms with Gasteiger partial charge in [0, 0.05) is 18.1 Å². The van der Waals surface area contributed by atoms with E-state index in [4.69, 9.17) is 20.8 Å². The van der Waals surface area contributed by atoms with Crippen LogP contribution in [0.4, 0.5) is 4.79 Å². The maximum absolute atomic E-state index is 12.1. The summed E-state index contributed by atoms with van der Waals surface area (Å²) >= 11 is 5.91. The number of halogens is 1. The van der Waals surface area contributed by atoms with Crippen molar-refractivity contribution in [1.29, 1.82) is 0 Å². The second kappa shape index (κ2) is 8.84. The first-order chi connectivity index (χ1) is 12.6. The molecule has 1 aliphatic rings. The van der Waals surface area contributed by atoms with Crippen LogP contribution in [-0.4, -0.2) is 43.1 Å². The number of nitrogens with zero attached hydrogens (tertiary/aromatic N) is 1. The lowest BCUT2D eigenvalue weighted by Gasteiger charge is -2.32. The first kappa shape index (κ1) is 18.4. The van der Waals surface area contributed by atoms with E-state index in [1.54, 1.807) is 12.1 Å². The summed E-state index contributed by atoms with van der Waals surface area (Å²) in [6, 6.07) is 10.4. The second-order valence-corrected chi connectivity index (χ2v) is 6.39. The van der Waals surface area contributed by atoms with Crippen LogP contribution in [0.15, 0.2) is 47.1 Å². The summed E-state index contributed by atoms with van der Waals surface area (Å²) in [5, 5.41) is 5.56. The molecule has 3 amide bonds. The molecule has 3 rings (SSSR count). The second-order valence-electron chi connectivity index (χ2n) is 5.96. The standard InChI is InChI=1S/C18H20ClN3O4/c19-14-5-3-13(4-6-14)16-11-22(7-9-26-16)12-17(23)21-18(24)20-10-15-2-1-8-25-15/h1-6,8,16H,7,9-12H2,(H2,20,21,23,24). The summed E-state index contributed by atoms with van der Waals surface area (Å²) in [6.45, 7) is 2.07. The minimum Gasteiger partial charge on any atom is -0.467 e. The number of morpholine rings is 1. The van der Waals surface area contributed by atoms with Crippen molar-refractivity contribution < 1.29 is 18.7 Å². The van der Waals surface area contributed by atoms with Crippen molar-refractivity contribution in [1.82, 2.24) is 15.5 Å². The molecule has 0 spiro atoms. The molecule has 0 saturated carbocycles. The van der Waals surface area contributed by atoms with Crippen molar-refractivity contribution in [2.24, 2.45) is 0 Å². The molecular formula is C18H20ClN3O4. The van der Waals surface area contributed by atoms with Crippen LogP contribution in [0.5, 0.6) is 0 Å². The molecule has 2 heterocycles. The molecule has 1 saturated heterocycles. The van der Waals surface area contributed by atoms with E-state index in [-0.39, 0.29) is 25.1 Å². The van der Waals surface area contributed by atoms with Gasteiger partial charge in [0.25, 0.3) is 0 Å². The minimum atomic E-state index is -0.547. The van der Waals surface area contributed by atoms with Gasteiger partial charge in [-0.3, -0.25) is 15.0 Å². The quantitative estimate of drug-likeness (QED) is 0.835. The zero-order valence-electron chi connectivity index (χ0n) is 14.1. The zero-order chi connectivity index (χ0) is 18.4. The van der Waals surface area contributed by atoms with E-state index >= 15 is 0 Å². The van der Waals surface area contributed by atoms with Crippen LogP contribution in [0.25, 0.3) is 0 Å². The van der Waals surface area contributed by atoms with Crippen LogP contribution in [0.2, 0.25) is 5.02 Å². The minimum absolute atomic E-state index is 0.124. The van der Waals surface area contributed by atoms with E-state index in [2.05, 4.69) is 10.6 Å². The lowest BCUT2D eigenvalue weighted by atomic mass is 10.1. The van der Waals surface area contributed by atoms with Gasteiger partial charge in [0.15, 0.2) is 0 Å². The number of carbonyl (C=O) groups excluding carboxylic acids is 2. The molecule has 0 radical (unpaired) electrons. The molecule has 8 heteroatoms. The number of carbonyl (C=O) groups is 2. The monoisotopic (exact) mass is 377 g/mol. The van der Waals surface area contributed by atoms with Gasteiger partial charge in [0.05, 0.1) is 32.1 Å². The third-order valence-electron chi connectivity index (χ3n) is 4.02. The van der Waals surface area contributed by atoms with Crippen LogP contribution in [0.3, 0.4) is 0 Å². The van der Waals surface area contributed by atoms with Gasteiger partial charge in [-0.05, 0) is 29.8 Å². The van der Waals surface area contributed by atoms with Gasteiger partial charge >= 0.3 is 6.03 Å². The fraction of sp³-hybridized carbons (Fsp3) is 0.333. The highest BCUT2D eigenvalue weighted by molar-refractivity contribution is 6.30. The summed E-state index contributed by atoms with van der Waals surface area (Å²) in [7, 11) is 0. The van der Waals surface area contributed by atoms with Gasteiger partial charge < -0.3 is 14.5 Å². The maximum Gasteiger partial charge on any atom is 0.321 e. The Morgan fingerprint density at radius 2 is 2.04 bits per heavy atom. The van der Waals surface area contributed by atoms with Crippen molar-refractivity contribution in [3.8, 4) is 0 Å². The van der Waals surface area contributed by atoms with Crippen LogP contribution in [0.1, 0.15) is 17.4 Å². The molecule has 0 aliphatic carbocycles. The molecule has 138 valence electrons. The molecule has 1 aromatic carbocycles. The zero-order valence-corrected chi connectivity index (χ0v) is 14.9. The average Bonchev–Trinajstić information content (AvgIpc) is 3.14. The van der Waals surface area contributed by atoms with Crippen molar-refractivity contribution in [3.63, 3.8) is 0 Å². The normalized spacial score (nSPS) is 17.7. The molecule has 2 N–H and O–H groups in total. The van der Waals surface area contributed by atoms with Crippen molar-refractivity contribution in [3.05, 3.63) is 59.0 Å². The molecule has 1 unspecified atom stereocenters. The number of imide groups is 1. The number of rotatable bonds is 5. The van der Waals surface area contributed by atoms with Crippen molar-refractivity contribution >= 4 is 23.5 Å². The highest BCUT2D eigenvalue weighted by Crippen LogP contribution is 2.23. The van der Waals surface area contributed by atoms with Gasteiger partial charge in [-0.2, -0.15) is 0 Å². The summed E-state index contributed by atoms with van der Waals surface area (Å²) in [6.07, 6.45) is 1.40. The molecule has 2 aromatic rings. The van der Waals surface area contributed by atoms with E-state index in [1.165, 1.54) is 6.26 Å². The number of nitrogens with one attached hydrogen (secondary N) is 2. The third kappa shape index (κ3) is 5.32. The average molecular weight is 378 g/mol. The first-order valence-corrected chi connectivity index (χ1v) is 8.67. The molecule has 1 fully saturated rings. The Hall–Kier alpha value is -2.35. The van der Waals surface area contributed by atoms with Gasteiger partial charge in [-0.15, -0.1) is 0 Å². The number of urea groups is 1. The van der Waals surface area contributed by atoms with Crippen LogP contribution >= 0.6 is 11.6 Å². The first-order valence-electron chi connectivity index (χ1n) is 8.29. The molecule has 0 bridgehead atoms. The van der Waals surface area contributed by atoms with E-state index in [1.807, 2.05) is 29.2 Å². The number of ether oxygens (including phenoxy) is 1. The Bertz CT molecular complexity index is 733. The van der Waals surface area contributed by atoms with Gasteiger partial charge in [-0.25, -0.2) is 4.79 Å². The highest BCUT2D eigenvalue weighted by atomic mass is 35.5. The summed E-state index contributed by atoms with van der Waals surface area (Å²) in [5.41, 5.74) is 1.01. The Kier molecular flexibility index (Phi) is 6.27.